The molecule has 0 amide bonds. The summed E-state index contributed by atoms with van der Waals surface area (Å²) < 4.78 is 0. The second-order valence-corrected chi connectivity index (χ2v) is 3.54. The molecule has 1 heterocycles. The van der Waals surface area contributed by atoms with E-state index in [1.165, 1.54) is 6.07 Å². The van der Waals surface area contributed by atoms with E-state index in [4.69, 9.17) is 5.26 Å². The Kier molecular flexibility index (Phi) is 4.40. The minimum Gasteiger partial charge on any atom is -0.350 e. The first-order valence-electron chi connectivity index (χ1n) is 5.34. The SMILES string of the molecule is CCN(CCC#N)c1nc(C)ccc1[N+](=O)[O-]. The predicted octanol–water partition coefficient (Wildman–Crippen LogP) is 2.04. The molecule has 6 nitrogen and oxygen atoms in total. The second-order valence-electron chi connectivity index (χ2n) is 3.54. The van der Waals surface area contributed by atoms with Crippen molar-refractivity contribution in [1.29, 1.82) is 5.26 Å². The quantitative estimate of drug-likeness (QED) is 0.575. The molecule has 0 atom stereocenters. The fourth-order valence-electron chi connectivity index (χ4n) is 1.51. The van der Waals surface area contributed by atoms with E-state index in [0.29, 0.717) is 25.3 Å². The zero-order chi connectivity index (χ0) is 12.8. The smallest absolute Gasteiger partial charge is 0.311 e. The summed E-state index contributed by atoms with van der Waals surface area (Å²) in [6, 6.07) is 5.09. The highest BCUT2D eigenvalue weighted by atomic mass is 16.6. The van der Waals surface area contributed by atoms with Crippen molar-refractivity contribution in [2.24, 2.45) is 0 Å². The van der Waals surface area contributed by atoms with E-state index in [-0.39, 0.29) is 5.69 Å². The van der Waals surface area contributed by atoms with Gasteiger partial charge in [0.25, 0.3) is 0 Å². The van der Waals surface area contributed by atoms with E-state index >= 15 is 0 Å². The summed E-state index contributed by atoms with van der Waals surface area (Å²) >= 11 is 0. The number of rotatable bonds is 5. The van der Waals surface area contributed by atoms with Crippen molar-refractivity contribution in [3.8, 4) is 6.07 Å². The Bertz CT molecular complexity index is 453. The number of nitro groups is 1. The van der Waals surface area contributed by atoms with E-state index < -0.39 is 4.92 Å². The number of hydrogen-bond acceptors (Lipinski definition) is 5. The largest absolute Gasteiger partial charge is 0.350 e. The number of anilines is 1. The maximum absolute atomic E-state index is 10.9. The molecule has 0 fully saturated rings. The molecular formula is C11H14N4O2. The summed E-state index contributed by atoms with van der Waals surface area (Å²) in [5.74, 6) is 0.341. The Labute approximate surface area is 99.6 Å². The fourth-order valence-corrected chi connectivity index (χ4v) is 1.51. The van der Waals surface area contributed by atoms with Gasteiger partial charge in [-0.3, -0.25) is 10.1 Å². The molecule has 1 aromatic heterocycles. The molecule has 0 aliphatic rings. The zero-order valence-corrected chi connectivity index (χ0v) is 9.88. The van der Waals surface area contributed by atoms with Gasteiger partial charge in [-0.15, -0.1) is 0 Å². The molecule has 0 aliphatic carbocycles. The monoisotopic (exact) mass is 234 g/mol. The van der Waals surface area contributed by atoms with Crippen LogP contribution >= 0.6 is 0 Å². The summed E-state index contributed by atoms with van der Waals surface area (Å²) in [6.45, 7) is 4.69. The number of nitriles is 1. The third-order valence-electron chi connectivity index (χ3n) is 2.37. The van der Waals surface area contributed by atoms with Gasteiger partial charge in [0.05, 0.1) is 17.4 Å². The third-order valence-corrected chi connectivity index (χ3v) is 2.37. The van der Waals surface area contributed by atoms with Crippen LogP contribution in [0.5, 0.6) is 0 Å². The summed E-state index contributed by atoms with van der Waals surface area (Å²) in [5, 5.41) is 19.5. The zero-order valence-electron chi connectivity index (χ0n) is 9.88. The summed E-state index contributed by atoms with van der Waals surface area (Å²) in [4.78, 5) is 16.4. The molecule has 90 valence electrons. The topological polar surface area (TPSA) is 83.1 Å². The maximum atomic E-state index is 10.9. The number of nitrogens with zero attached hydrogens (tertiary/aromatic N) is 4. The molecule has 0 saturated heterocycles. The summed E-state index contributed by atoms with van der Waals surface area (Å²) in [5.41, 5.74) is 0.705. The third kappa shape index (κ3) is 3.14. The van der Waals surface area contributed by atoms with Gasteiger partial charge in [0.2, 0.25) is 5.82 Å². The molecule has 17 heavy (non-hydrogen) atoms. The Balaban J connectivity index is 3.12. The molecule has 1 rings (SSSR count). The van der Waals surface area contributed by atoms with Crippen LogP contribution in [0, 0.1) is 28.4 Å². The minimum atomic E-state index is -0.448. The minimum absolute atomic E-state index is 0.0182. The van der Waals surface area contributed by atoms with Crippen molar-refractivity contribution in [3.63, 3.8) is 0 Å². The van der Waals surface area contributed by atoms with Crippen LogP contribution < -0.4 is 4.90 Å². The predicted molar refractivity (Wildman–Crippen MR) is 63.7 cm³/mol. The molecule has 0 radical (unpaired) electrons. The van der Waals surface area contributed by atoms with Crippen LogP contribution in [-0.4, -0.2) is 23.0 Å². The van der Waals surface area contributed by atoms with E-state index in [1.807, 2.05) is 13.0 Å². The molecule has 0 saturated carbocycles. The molecule has 6 heteroatoms. The lowest BCUT2D eigenvalue weighted by Gasteiger charge is -2.20. The Morgan fingerprint density at radius 2 is 2.29 bits per heavy atom. The lowest BCUT2D eigenvalue weighted by Crippen LogP contribution is -2.25. The molecule has 0 aliphatic heterocycles. The van der Waals surface area contributed by atoms with E-state index in [0.717, 1.165) is 5.69 Å². The van der Waals surface area contributed by atoms with Gasteiger partial charge in [-0.2, -0.15) is 5.26 Å². The maximum Gasteiger partial charge on any atom is 0.311 e. The first kappa shape index (κ1) is 12.9. The van der Waals surface area contributed by atoms with Gasteiger partial charge < -0.3 is 4.90 Å². The standard InChI is InChI=1S/C11H14N4O2/c1-3-14(8-4-7-12)11-10(15(16)17)6-5-9(2)13-11/h5-6H,3-4,8H2,1-2H3. The van der Waals surface area contributed by atoms with Crippen molar-refractivity contribution in [1.82, 2.24) is 4.98 Å². The lowest BCUT2D eigenvalue weighted by molar-refractivity contribution is -0.384. The highest BCUT2D eigenvalue weighted by Crippen LogP contribution is 2.25. The average molecular weight is 234 g/mol. The first-order valence-corrected chi connectivity index (χ1v) is 5.34. The molecule has 1 aromatic rings. The van der Waals surface area contributed by atoms with Crippen LogP contribution in [0.2, 0.25) is 0 Å². The lowest BCUT2D eigenvalue weighted by atomic mass is 10.3. The van der Waals surface area contributed by atoms with Crippen molar-refractivity contribution >= 4 is 11.5 Å². The number of pyridine rings is 1. The molecule has 0 aromatic carbocycles. The van der Waals surface area contributed by atoms with Crippen LogP contribution in [0.4, 0.5) is 11.5 Å². The number of hydrogen-bond donors (Lipinski definition) is 0. The van der Waals surface area contributed by atoms with E-state index in [1.54, 1.807) is 17.9 Å². The van der Waals surface area contributed by atoms with Crippen molar-refractivity contribution in [3.05, 3.63) is 27.9 Å². The average Bonchev–Trinajstić information content (AvgIpc) is 2.29. The van der Waals surface area contributed by atoms with Gasteiger partial charge in [0, 0.05) is 24.8 Å². The Morgan fingerprint density at radius 1 is 1.59 bits per heavy atom. The molecule has 0 spiro atoms. The van der Waals surface area contributed by atoms with Gasteiger partial charge in [0.15, 0.2) is 0 Å². The van der Waals surface area contributed by atoms with Gasteiger partial charge in [-0.25, -0.2) is 4.98 Å². The highest BCUT2D eigenvalue weighted by molar-refractivity contribution is 5.58. The van der Waals surface area contributed by atoms with Crippen LogP contribution in [-0.2, 0) is 0 Å². The Hall–Kier alpha value is -2.16. The number of aryl methyl sites for hydroxylation is 1. The van der Waals surface area contributed by atoms with E-state index in [2.05, 4.69) is 4.98 Å². The van der Waals surface area contributed by atoms with E-state index in [9.17, 15) is 10.1 Å². The highest BCUT2D eigenvalue weighted by Gasteiger charge is 2.19. The van der Waals surface area contributed by atoms with Gasteiger partial charge in [-0.05, 0) is 19.9 Å². The molecule has 0 bridgehead atoms. The number of aromatic nitrogens is 1. The molecule has 0 unspecified atom stereocenters. The first-order chi connectivity index (χ1) is 8.10. The molecular weight excluding hydrogens is 220 g/mol. The van der Waals surface area contributed by atoms with Crippen LogP contribution in [0.25, 0.3) is 0 Å². The Morgan fingerprint density at radius 3 is 2.82 bits per heavy atom. The van der Waals surface area contributed by atoms with Crippen molar-refractivity contribution in [2.75, 3.05) is 18.0 Å². The fraction of sp³-hybridized carbons (Fsp3) is 0.455. The normalized spacial score (nSPS) is 9.71. The van der Waals surface area contributed by atoms with Crippen molar-refractivity contribution < 1.29 is 4.92 Å². The summed E-state index contributed by atoms with van der Waals surface area (Å²) in [7, 11) is 0. The van der Waals surface area contributed by atoms with Crippen molar-refractivity contribution in [2.45, 2.75) is 20.3 Å². The van der Waals surface area contributed by atoms with Gasteiger partial charge >= 0.3 is 5.69 Å². The van der Waals surface area contributed by atoms with Crippen LogP contribution in [0.3, 0.4) is 0 Å². The summed E-state index contributed by atoms with van der Waals surface area (Å²) in [6.07, 6.45) is 0.320. The van der Waals surface area contributed by atoms with Crippen LogP contribution in [0.15, 0.2) is 12.1 Å². The van der Waals surface area contributed by atoms with Gasteiger partial charge in [-0.1, -0.05) is 0 Å². The van der Waals surface area contributed by atoms with Crippen LogP contribution in [0.1, 0.15) is 19.0 Å². The van der Waals surface area contributed by atoms with Gasteiger partial charge in [0.1, 0.15) is 0 Å². The molecule has 0 N–H and O–H groups in total. The second kappa shape index (κ2) is 5.80.